The number of nitrogens with one attached hydrogen (secondary N) is 1. The molecule has 3 N–H and O–H groups in total. The Kier molecular flexibility index (Phi) is 3.92. The van der Waals surface area contributed by atoms with Crippen molar-refractivity contribution < 1.29 is 8.42 Å². The Morgan fingerprint density at radius 1 is 1.10 bits per heavy atom. The van der Waals surface area contributed by atoms with Gasteiger partial charge in [-0.2, -0.15) is 0 Å². The van der Waals surface area contributed by atoms with Crippen molar-refractivity contribution in [1.29, 1.82) is 0 Å². The highest BCUT2D eigenvalue weighted by molar-refractivity contribution is 7.92. The molecular weight excluding hydrogens is 296 g/mol. The van der Waals surface area contributed by atoms with Gasteiger partial charge in [0.1, 0.15) is 0 Å². The summed E-state index contributed by atoms with van der Waals surface area (Å²) in [5.74, 6) is 0. The number of anilines is 2. The van der Waals surface area contributed by atoms with Crippen molar-refractivity contribution in [2.24, 2.45) is 0 Å². The van der Waals surface area contributed by atoms with Crippen molar-refractivity contribution in [3.8, 4) is 0 Å². The number of hydrogen-bond donors (Lipinski definition) is 2. The molecule has 0 saturated heterocycles. The maximum absolute atomic E-state index is 12.3. The van der Waals surface area contributed by atoms with E-state index in [2.05, 4.69) is 4.72 Å². The summed E-state index contributed by atoms with van der Waals surface area (Å²) in [7, 11) is -3.68. The Labute approximate surface area is 123 Å². The van der Waals surface area contributed by atoms with E-state index in [1.807, 2.05) is 13.0 Å². The fraction of sp³-hybridized carbons (Fsp3) is 0.143. The molecule has 0 amide bonds. The lowest BCUT2D eigenvalue weighted by molar-refractivity contribution is 0.601. The number of nitrogens with two attached hydrogens (primary N) is 1. The quantitative estimate of drug-likeness (QED) is 0.854. The summed E-state index contributed by atoms with van der Waals surface area (Å²) in [5.41, 5.74) is 8.24. The molecule has 0 atom stereocenters. The molecule has 0 saturated carbocycles. The first kappa shape index (κ1) is 14.7. The van der Waals surface area contributed by atoms with E-state index in [1.165, 1.54) is 12.1 Å². The van der Waals surface area contributed by atoms with E-state index >= 15 is 0 Å². The second kappa shape index (κ2) is 5.34. The van der Waals surface area contributed by atoms with Crippen molar-refractivity contribution in [2.45, 2.75) is 18.7 Å². The summed E-state index contributed by atoms with van der Waals surface area (Å²) >= 11 is 6.00. The Morgan fingerprint density at radius 3 is 2.45 bits per heavy atom. The van der Waals surface area contributed by atoms with E-state index in [4.69, 9.17) is 17.3 Å². The average molecular weight is 311 g/mol. The van der Waals surface area contributed by atoms with Crippen molar-refractivity contribution in [3.05, 3.63) is 52.5 Å². The van der Waals surface area contributed by atoms with Crippen LogP contribution in [-0.4, -0.2) is 8.42 Å². The largest absolute Gasteiger partial charge is 0.399 e. The molecule has 106 valence electrons. The molecule has 2 aromatic carbocycles. The van der Waals surface area contributed by atoms with Gasteiger partial charge in [-0.15, -0.1) is 0 Å². The van der Waals surface area contributed by atoms with Crippen molar-refractivity contribution >= 4 is 33.0 Å². The van der Waals surface area contributed by atoms with E-state index in [0.717, 1.165) is 5.56 Å². The zero-order valence-electron chi connectivity index (χ0n) is 11.1. The second-order valence-electron chi connectivity index (χ2n) is 4.61. The molecule has 4 nitrogen and oxygen atoms in total. The maximum Gasteiger partial charge on any atom is 0.261 e. The Hall–Kier alpha value is -1.72. The van der Waals surface area contributed by atoms with Gasteiger partial charge in [0, 0.05) is 5.69 Å². The van der Waals surface area contributed by atoms with Gasteiger partial charge in [-0.05, 0) is 55.3 Å². The lowest BCUT2D eigenvalue weighted by Gasteiger charge is -2.11. The van der Waals surface area contributed by atoms with Gasteiger partial charge in [-0.3, -0.25) is 4.72 Å². The molecule has 6 heteroatoms. The van der Waals surface area contributed by atoms with Crippen LogP contribution < -0.4 is 10.5 Å². The zero-order valence-corrected chi connectivity index (χ0v) is 12.7. The standard InChI is InChI=1S/C14H15ClN2O2S/c1-9-3-5-12(15)14(7-9)17-20(18,19)11-4-6-13(16)10(2)8-11/h3-8,17H,16H2,1-2H3. The number of nitrogen functional groups attached to an aromatic ring is 1. The molecule has 0 radical (unpaired) electrons. The third kappa shape index (κ3) is 3.05. The Bertz CT molecular complexity index is 758. The van der Waals surface area contributed by atoms with Crippen LogP contribution in [-0.2, 0) is 10.0 Å². The third-order valence-electron chi connectivity index (χ3n) is 2.92. The molecule has 20 heavy (non-hydrogen) atoms. The number of halogens is 1. The van der Waals surface area contributed by atoms with Gasteiger partial charge in [-0.1, -0.05) is 17.7 Å². The molecule has 0 spiro atoms. The molecule has 0 bridgehead atoms. The van der Waals surface area contributed by atoms with Gasteiger partial charge < -0.3 is 5.73 Å². The molecule has 0 fully saturated rings. The van der Waals surface area contributed by atoms with Gasteiger partial charge in [-0.25, -0.2) is 8.42 Å². The zero-order chi connectivity index (χ0) is 14.9. The number of rotatable bonds is 3. The predicted octanol–water partition coefficient (Wildman–Crippen LogP) is 3.34. The normalized spacial score (nSPS) is 11.3. The smallest absolute Gasteiger partial charge is 0.261 e. The Morgan fingerprint density at radius 2 is 1.80 bits per heavy atom. The fourth-order valence-corrected chi connectivity index (χ4v) is 3.11. The number of aryl methyl sites for hydroxylation is 2. The van der Waals surface area contributed by atoms with Crippen LogP contribution >= 0.6 is 11.6 Å². The molecule has 0 unspecified atom stereocenters. The molecular formula is C14H15ClN2O2S. The summed E-state index contributed by atoms with van der Waals surface area (Å²) < 4.78 is 27.1. The highest BCUT2D eigenvalue weighted by Crippen LogP contribution is 2.26. The van der Waals surface area contributed by atoms with E-state index in [0.29, 0.717) is 22.0 Å². The van der Waals surface area contributed by atoms with Crippen molar-refractivity contribution in [2.75, 3.05) is 10.5 Å². The van der Waals surface area contributed by atoms with Gasteiger partial charge >= 0.3 is 0 Å². The molecule has 2 aromatic rings. The lowest BCUT2D eigenvalue weighted by atomic mass is 10.2. The molecule has 0 aliphatic heterocycles. The topological polar surface area (TPSA) is 72.2 Å². The molecule has 0 heterocycles. The van der Waals surface area contributed by atoms with Crippen LogP contribution in [0.15, 0.2) is 41.3 Å². The van der Waals surface area contributed by atoms with Gasteiger partial charge in [0.05, 0.1) is 15.6 Å². The van der Waals surface area contributed by atoms with Crippen molar-refractivity contribution in [1.82, 2.24) is 0 Å². The number of sulfonamides is 1. The van der Waals surface area contributed by atoms with E-state index < -0.39 is 10.0 Å². The average Bonchev–Trinajstić information content (AvgIpc) is 2.36. The van der Waals surface area contributed by atoms with E-state index in [-0.39, 0.29) is 4.90 Å². The second-order valence-corrected chi connectivity index (χ2v) is 6.70. The minimum atomic E-state index is -3.68. The first-order valence-electron chi connectivity index (χ1n) is 5.95. The van der Waals surface area contributed by atoms with Crippen LogP contribution in [0.1, 0.15) is 11.1 Å². The maximum atomic E-state index is 12.3. The van der Waals surface area contributed by atoms with Crippen LogP contribution in [0, 0.1) is 13.8 Å². The number of benzene rings is 2. The first-order chi connectivity index (χ1) is 9.29. The van der Waals surface area contributed by atoms with Crippen molar-refractivity contribution in [3.63, 3.8) is 0 Å². The summed E-state index contributed by atoms with van der Waals surface area (Å²) in [6.07, 6.45) is 0. The Balaban J connectivity index is 2.40. The predicted molar refractivity (Wildman–Crippen MR) is 82.6 cm³/mol. The summed E-state index contributed by atoms with van der Waals surface area (Å²) in [4.78, 5) is 0.154. The van der Waals surface area contributed by atoms with Crippen LogP contribution in [0.2, 0.25) is 5.02 Å². The fourth-order valence-electron chi connectivity index (χ4n) is 1.74. The monoisotopic (exact) mass is 310 g/mol. The van der Waals surface area contributed by atoms with E-state index in [1.54, 1.807) is 25.1 Å². The molecule has 0 aromatic heterocycles. The highest BCUT2D eigenvalue weighted by Gasteiger charge is 2.16. The summed E-state index contributed by atoms with van der Waals surface area (Å²) in [5, 5.41) is 0.353. The summed E-state index contributed by atoms with van der Waals surface area (Å²) in [6.45, 7) is 3.62. The summed E-state index contributed by atoms with van der Waals surface area (Å²) in [6, 6.07) is 9.72. The van der Waals surface area contributed by atoms with E-state index in [9.17, 15) is 8.42 Å². The molecule has 0 aliphatic rings. The minimum absolute atomic E-state index is 0.154. The van der Waals surface area contributed by atoms with Crippen LogP contribution in [0.5, 0.6) is 0 Å². The van der Waals surface area contributed by atoms with Crippen LogP contribution in [0.3, 0.4) is 0 Å². The SMILES string of the molecule is Cc1ccc(Cl)c(NS(=O)(=O)c2ccc(N)c(C)c2)c1. The van der Waals surface area contributed by atoms with Crippen LogP contribution in [0.25, 0.3) is 0 Å². The van der Waals surface area contributed by atoms with Gasteiger partial charge in [0.25, 0.3) is 10.0 Å². The van der Waals surface area contributed by atoms with Gasteiger partial charge in [0.2, 0.25) is 0 Å². The number of hydrogen-bond acceptors (Lipinski definition) is 3. The molecule has 2 rings (SSSR count). The lowest BCUT2D eigenvalue weighted by Crippen LogP contribution is -2.13. The van der Waals surface area contributed by atoms with Crippen LogP contribution in [0.4, 0.5) is 11.4 Å². The van der Waals surface area contributed by atoms with Gasteiger partial charge in [0.15, 0.2) is 0 Å². The molecule has 0 aliphatic carbocycles. The highest BCUT2D eigenvalue weighted by atomic mass is 35.5. The first-order valence-corrected chi connectivity index (χ1v) is 7.81. The minimum Gasteiger partial charge on any atom is -0.399 e. The third-order valence-corrected chi connectivity index (χ3v) is 4.61.